The maximum Gasteiger partial charge on any atom is 0.307 e. The van der Waals surface area contributed by atoms with Gasteiger partial charge in [0, 0.05) is 5.56 Å². The van der Waals surface area contributed by atoms with E-state index in [1.54, 1.807) is 6.92 Å². The predicted molar refractivity (Wildman–Crippen MR) is 56.6 cm³/mol. The summed E-state index contributed by atoms with van der Waals surface area (Å²) in [6, 6.07) is 2.61. The van der Waals surface area contributed by atoms with Gasteiger partial charge in [0.25, 0.3) is 0 Å². The summed E-state index contributed by atoms with van der Waals surface area (Å²) in [6.45, 7) is 2.19. The van der Waals surface area contributed by atoms with E-state index in [4.69, 9.17) is 9.84 Å². The van der Waals surface area contributed by atoms with Crippen molar-refractivity contribution in [2.24, 2.45) is 0 Å². The highest BCUT2D eigenvalue weighted by molar-refractivity contribution is 9.10. The highest BCUT2D eigenvalue weighted by atomic mass is 79.9. The number of halogens is 2. The van der Waals surface area contributed by atoms with Gasteiger partial charge in [-0.1, -0.05) is 0 Å². The Morgan fingerprint density at radius 1 is 1.60 bits per heavy atom. The molecule has 1 aromatic rings. The Kier molecular flexibility index (Phi) is 4.08. The number of carboxylic acid groups (broad SMARTS) is 1. The Bertz CT molecular complexity index is 379. The van der Waals surface area contributed by atoms with E-state index in [1.165, 1.54) is 12.1 Å². The fraction of sp³-hybridized carbons (Fsp3) is 0.300. The van der Waals surface area contributed by atoms with Gasteiger partial charge in [0.05, 0.1) is 17.5 Å². The first kappa shape index (κ1) is 12.0. The van der Waals surface area contributed by atoms with Crippen LogP contribution < -0.4 is 4.74 Å². The summed E-state index contributed by atoms with van der Waals surface area (Å²) in [5.74, 6) is -1.11. The van der Waals surface area contributed by atoms with Crippen molar-refractivity contribution < 1.29 is 19.0 Å². The van der Waals surface area contributed by atoms with Gasteiger partial charge in [-0.3, -0.25) is 4.79 Å². The van der Waals surface area contributed by atoms with Crippen LogP contribution in [-0.4, -0.2) is 17.7 Å². The number of carboxylic acids is 1. The molecular weight excluding hydrogens is 267 g/mol. The fourth-order valence-electron chi connectivity index (χ4n) is 1.16. The number of hydrogen-bond acceptors (Lipinski definition) is 2. The number of aliphatic carboxylic acids is 1. The smallest absolute Gasteiger partial charge is 0.307 e. The van der Waals surface area contributed by atoms with Crippen LogP contribution in [0.5, 0.6) is 5.75 Å². The van der Waals surface area contributed by atoms with Crippen LogP contribution in [0.4, 0.5) is 4.39 Å². The van der Waals surface area contributed by atoms with Crippen LogP contribution in [0.15, 0.2) is 16.6 Å². The van der Waals surface area contributed by atoms with E-state index in [0.29, 0.717) is 17.9 Å². The molecule has 1 N–H and O–H groups in total. The minimum absolute atomic E-state index is 0.250. The van der Waals surface area contributed by atoms with Crippen molar-refractivity contribution in [1.82, 2.24) is 0 Å². The van der Waals surface area contributed by atoms with E-state index in [9.17, 15) is 9.18 Å². The van der Waals surface area contributed by atoms with Crippen molar-refractivity contribution in [3.63, 3.8) is 0 Å². The number of carbonyl (C=O) groups is 1. The average molecular weight is 277 g/mol. The molecule has 3 nitrogen and oxygen atoms in total. The molecule has 5 heteroatoms. The lowest BCUT2D eigenvalue weighted by atomic mass is 10.1. The molecule has 1 rings (SSSR count). The normalized spacial score (nSPS) is 10.1. The lowest BCUT2D eigenvalue weighted by molar-refractivity contribution is -0.136. The van der Waals surface area contributed by atoms with Gasteiger partial charge in [0.15, 0.2) is 0 Å². The summed E-state index contributed by atoms with van der Waals surface area (Å²) < 4.78 is 18.6. The zero-order valence-electron chi connectivity index (χ0n) is 8.09. The Morgan fingerprint density at radius 3 is 2.80 bits per heavy atom. The Balaban J connectivity index is 3.09. The average Bonchev–Trinajstić information content (AvgIpc) is 2.13. The van der Waals surface area contributed by atoms with Crippen LogP contribution in [0, 0.1) is 5.82 Å². The second kappa shape index (κ2) is 5.11. The molecule has 0 aliphatic rings. The van der Waals surface area contributed by atoms with E-state index < -0.39 is 11.8 Å². The molecule has 0 heterocycles. The van der Waals surface area contributed by atoms with Crippen molar-refractivity contribution in [2.75, 3.05) is 6.61 Å². The van der Waals surface area contributed by atoms with Crippen LogP contribution in [0.25, 0.3) is 0 Å². The van der Waals surface area contributed by atoms with E-state index in [2.05, 4.69) is 15.9 Å². The topological polar surface area (TPSA) is 46.5 Å². The highest BCUT2D eigenvalue weighted by Crippen LogP contribution is 2.27. The largest absolute Gasteiger partial charge is 0.494 e. The van der Waals surface area contributed by atoms with Gasteiger partial charge in [0.1, 0.15) is 11.6 Å². The van der Waals surface area contributed by atoms with Crippen molar-refractivity contribution in [2.45, 2.75) is 13.3 Å². The van der Waals surface area contributed by atoms with Gasteiger partial charge in [-0.2, -0.15) is 0 Å². The van der Waals surface area contributed by atoms with Gasteiger partial charge < -0.3 is 9.84 Å². The van der Waals surface area contributed by atoms with Gasteiger partial charge in [0.2, 0.25) is 0 Å². The SMILES string of the molecule is CCOc1cc(Br)c(F)cc1CC(=O)O. The third-order valence-electron chi connectivity index (χ3n) is 1.74. The molecule has 0 fully saturated rings. The molecule has 0 saturated heterocycles. The Morgan fingerprint density at radius 2 is 2.27 bits per heavy atom. The second-order valence-corrected chi connectivity index (χ2v) is 3.73. The molecule has 0 spiro atoms. The van der Waals surface area contributed by atoms with Gasteiger partial charge in [-0.05, 0) is 35.0 Å². The van der Waals surface area contributed by atoms with E-state index in [0.717, 1.165) is 0 Å². The summed E-state index contributed by atoms with van der Waals surface area (Å²) >= 11 is 3.01. The van der Waals surface area contributed by atoms with Crippen molar-refractivity contribution in [1.29, 1.82) is 0 Å². The van der Waals surface area contributed by atoms with Crippen molar-refractivity contribution in [3.8, 4) is 5.75 Å². The highest BCUT2D eigenvalue weighted by Gasteiger charge is 2.12. The minimum atomic E-state index is -1.02. The van der Waals surface area contributed by atoms with E-state index in [-0.39, 0.29) is 10.9 Å². The lowest BCUT2D eigenvalue weighted by Crippen LogP contribution is -2.04. The molecule has 0 amide bonds. The maximum atomic E-state index is 13.2. The first-order valence-corrected chi connectivity index (χ1v) is 5.16. The molecule has 0 aliphatic heterocycles. The monoisotopic (exact) mass is 276 g/mol. The molecule has 0 unspecified atom stereocenters. The summed E-state index contributed by atoms with van der Waals surface area (Å²) in [6.07, 6.45) is -0.250. The molecule has 0 radical (unpaired) electrons. The number of rotatable bonds is 4. The first-order valence-electron chi connectivity index (χ1n) is 4.37. The lowest BCUT2D eigenvalue weighted by Gasteiger charge is -2.09. The zero-order valence-corrected chi connectivity index (χ0v) is 9.67. The summed E-state index contributed by atoms with van der Waals surface area (Å²) in [5.41, 5.74) is 0.338. The number of hydrogen-bond donors (Lipinski definition) is 1. The van der Waals surface area contributed by atoms with Crippen LogP contribution in [-0.2, 0) is 11.2 Å². The Labute approximate surface area is 95.0 Å². The quantitative estimate of drug-likeness (QED) is 0.920. The fourth-order valence-corrected chi connectivity index (χ4v) is 1.48. The molecule has 82 valence electrons. The summed E-state index contributed by atoms with van der Waals surface area (Å²) in [7, 11) is 0. The maximum absolute atomic E-state index is 13.2. The summed E-state index contributed by atoms with van der Waals surface area (Å²) in [5, 5.41) is 8.63. The standard InChI is InChI=1S/C10H10BrFO3/c1-2-15-9-5-7(11)8(12)3-6(9)4-10(13)14/h3,5H,2,4H2,1H3,(H,13,14). The van der Waals surface area contributed by atoms with Crippen LogP contribution >= 0.6 is 15.9 Å². The molecule has 15 heavy (non-hydrogen) atoms. The van der Waals surface area contributed by atoms with Gasteiger partial charge in [-0.15, -0.1) is 0 Å². The molecule has 0 bridgehead atoms. The van der Waals surface area contributed by atoms with Crippen molar-refractivity contribution >= 4 is 21.9 Å². The zero-order chi connectivity index (χ0) is 11.4. The van der Waals surface area contributed by atoms with Crippen LogP contribution in [0.2, 0.25) is 0 Å². The third kappa shape index (κ3) is 3.20. The number of ether oxygens (including phenoxy) is 1. The molecule has 0 aliphatic carbocycles. The van der Waals surface area contributed by atoms with E-state index >= 15 is 0 Å². The molecule has 0 saturated carbocycles. The number of benzene rings is 1. The van der Waals surface area contributed by atoms with Crippen LogP contribution in [0.1, 0.15) is 12.5 Å². The summed E-state index contributed by atoms with van der Waals surface area (Å²) in [4.78, 5) is 10.5. The molecule has 0 atom stereocenters. The molecule has 1 aromatic carbocycles. The van der Waals surface area contributed by atoms with Crippen LogP contribution in [0.3, 0.4) is 0 Å². The van der Waals surface area contributed by atoms with E-state index in [1.807, 2.05) is 0 Å². The van der Waals surface area contributed by atoms with Crippen molar-refractivity contribution in [3.05, 3.63) is 28.0 Å². The second-order valence-electron chi connectivity index (χ2n) is 2.88. The first-order chi connectivity index (χ1) is 7.04. The third-order valence-corrected chi connectivity index (χ3v) is 2.35. The Hall–Kier alpha value is -1.10. The van der Waals surface area contributed by atoms with Gasteiger partial charge >= 0.3 is 5.97 Å². The molecular formula is C10H10BrFO3. The van der Waals surface area contributed by atoms with Gasteiger partial charge in [-0.25, -0.2) is 4.39 Å². The molecule has 0 aromatic heterocycles. The predicted octanol–water partition coefficient (Wildman–Crippen LogP) is 2.61. The minimum Gasteiger partial charge on any atom is -0.494 e.